The van der Waals surface area contributed by atoms with E-state index >= 15 is 0 Å². The highest BCUT2D eigenvalue weighted by Crippen LogP contribution is 2.30. The SMILES string of the molecule is CNC(=S)NN=Cc1cccc(OC)c1OCCCOc1ccc(C)c(C)c1. The number of ether oxygens (including phenoxy) is 3. The van der Waals surface area contributed by atoms with Gasteiger partial charge in [0.1, 0.15) is 5.75 Å². The molecule has 7 heteroatoms. The van der Waals surface area contributed by atoms with Gasteiger partial charge in [0, 0.05) is 19.0 Å². The predicted molar refractivity (Wildman–Crippen MR) is 117 cm³/mol. The Balaban J connectivity index is 1.91. The molecule has 0 saturated carbocycles. The zero-order chi connectivity index (χ0) is 20.4. The number of methoxy groups -OCH3 is 1. The molecule has 28 heavy (non-hydrogen) atoms. The lowest BCUT2D eigenvalue weighted by Crippen LogP contribution is -2.28. The number of para-hydroxylation sites is 1. The maximum atomic E-state index is 5.95. The molecule has 0 aromatic heterocycles. The summed E-state index contributed by atoms with van der Waals surface area (Å²) in [7, 11) is 3.34. The maximum Gasteiger partial charge on any atom is 0.186 e. The van der Waals surface area contributed by atoms with E-state index in [0.29, 0.717) is 29.8 Å². The minimum atomic E-state index is 0.435. The second-order valence-corrected chi connectivity index (χ2v) is 6.53. The Bertz CT molecular complexity index is 825. The first-order valence-electron chi connectivity index (χ1n) is 9.05. The van der Waals surface area contributed by atoms with Crippen molar-refractivity contribution in [2.75, 3.05) is 27.4 Å². The van der Waals surface area contributed by atoms with Gasteiger partial charge in [-0.3, -0.25) is 5.43 Å². The molecular weight excluding hydrogens is 374 g/mol. The van der Waals surface area contributed by atoms with Crippen LogP contribution in [0.4, 0.5) is 0 Å². The van der Waals surface area contributed by atoms with Gasteiger partial charge in [0.15, 0.2) is 16.6 Å². The lowest BCUT2D eigenvalue weighted by molar-refractivity contribution is 0.240. The topological polar surface area (TPSA) is 64.1 Å². The van der Waals surface area contributed by atoms with E-state index in [1.54, 1.807) is 20.4 Å². The molecule has 6 nitrogen and oxygen atoms in total. The highest BCUT2D eigenvalue weighted by Gasteiger charge is 2.09. The van der Waals surface area contributed by atoms with Gasteiger partial charge in [-0.2, -0.15) is 5.10 Å². The van der Waals surface area contributed by atoms with Crippen molar-refractivity contribution in [1.29, 1.82) is 0 Å². The first-order chi connectivity index (χ1) is 13.5. The van der Waals surface area contributed by atoms with Crippen molar-refractivity contribution < 1.29 is 14.2 Å². The molecule has 2 aromatic carbocycles. The fourth-order valence-electron chi connectivity index (χ4n) is 2.39. The van der Waals surface area contributed by atoms with Crippen molar-refractivity contribution in [2.45, 2.75) is 20.3 Å². The summed E-state index contributed by atoms with van der Waals surface area (Å²) in [5.41, 5.74) is 5.99. The van der Waals surface area contributed by atoms with Gasteiger partial charge < -0.3 is 19.5 Å². The fraction of sp³-hybridized carbons (Fsp3) is 0.333. The molecule has 0 amide bonds. The zero-order valence-corrected chi connectivity index (χ0v) is 17.6. The summed E-state index contributed by atoms with van der Waals surface area (Å²) in [5, 5.41) is 7.34. The van der Waals surface area contributed by atoms with Crippen LogP contribution in [-0.4, -0.2) is 38.7 Å². The molecule has 2 N–H and O–H groups in total. The molecule has 0 bridgehead atoms. The Hall–Kier alpha value is -2.80. The number of aryl methyl sites for hydroxylation is 2. The van der Waals surface area contributed by atoms with Gasteiger partial charge in [-0.1, -0.05) is 12.1 Å². The number of rotatable bonds is 9. The molecule has 0 aliphatic heterocycles. The van der Waals surface area contributed by atoms with Crippen molar-refractivity contribution in [1.82, 2.24) is 10.7 Å². The lowest BCUT2D eigenvalue weighted by Gasteiger charge is -2.13. The molecule has 0 fully saturated rings. The standard InChI is InChI=1S/C21H27N3O3S/c1-15-9-10-18(13-16(15)2)26-11-6-12-27-20-17(7-5-8-19(20)25-4)14-23-24-21(28)22-3/h5,7-10,13-14H,6,11-12H2,1-4H3,(H2,22,24,28). The van der Waals surface area contributed by atoms with Crippen LogP contribution in [0.1, 0.15) is 23.1 Å². The lowest BCUT2D eigenvalue weighted by atomic mass is 10.1. The minimum absolute atomic E-state index is 0.435. The Labute approximate surface area is 171 Å². The van der Waals surface area contributed by atoms with E-state index in [1.165, 1.54) is 11.1 Å². The first kappa shape index (κ1) is 21.5. The minimum Gasteiger partial charge on any atom is -0.493 e. The van der Waals surface area contributed by atoms with Crippen LogP contribution >= 0.6 is 12.2 Å². The molecule has 0 saturated heterocycles. The van der Waals surface area contributed by atoms with Crippen LogP contribution in [0.2, 0.25) is 0 Å². The second kappa shape index (κ2) is 11.1. The Morgan fingerprint density at radius 2 is 1.89 bits per heavy atom. The fourth-order valence-corrected chi connectivity index (χ4v) is 2.45. The van der Waals surface area contributed by atoms with Crippen LogP contribution < -0.4 is 25.0 Å². The van der Waals surface area contributed by atoms with Crippen LogP contribution in [0.25, 0.3) is 0 Å². The molecule has 0 aliphatic carbocycles. The van der Waals surface area contributed by atoms with Gasteiger partial charge in [0.2, 0.25) is 0 Å². The van der Waals surface area contributed by atoms with Crippen molar-refractivity contribution in [3.63, 3.8) is 0 Å². The van der Waals surface area contributed by atoms with Gasteiger partial charge >= 0.3 is 0 Å². The Kier molecular flexibility index (Phi) is 8.55. The zero-order valence-electron chi connectivity index (χ0n) is 16.7. The summed E-state index contributed by atoms with van der Waals surface area (Å²) < 4.78 is 17.2. The molecule has 0 aliphatic rings. The molecule has 0 heterocycles. The van der Waals surface area contributed by atoms with Crippen LogP contribution in [0, 0.1) is 13.8 Å². The van der Waals surface area contributed by atoms with Crippen LogP contribution in [0.15, 0.2) is 41.5 Å². The number of nitrogens with one attached hydrogen (secondary N) is 2. The van der Waals surface area contributed by atoms with E-state index in [4.69, 9.17) is 26.4 Å². The highest BCUT2D eigenvalue weighted by molar-refractivity contribution is 7.80. The van der Waals surface area contributed by atoms with Gasteiger partial charge in [-0.15, -0.1) is 0 Å². The number of hydrogen-bond donors (Lipinski definition) is 2. The van der Waals surface area contributed by atoms with Crippen LogP contribution in [-0.2, 0) is 0 Å². The summed E-state index contributed by atoms with van der Waals surface area (Å²) in [4.78, 5) is 0. The van der Waals surface area contributed by atoms with Crippen LogP contribution in [0.3, 0.4) is 0 Å². The van der Waals surface area contributed by atoms with E-state index in [1.807, 2.05) is 30.3 Å². The third-order valence-electron chi connectivity index (χ3n) is 4.11. The highest BCUT2D eigenvalue weighted by atomic mass is 32.1. The Morgan fingerprint density at radius 3 is 2.61 bits per heavy atom. The van der Waals surface area contributed by atoms with Crippen molar-refractivity contribution in [2.24, 2.45) is 5.10 Å². The molecule has 150 valence electrons. The average Bonchev–Trinajstić information content (AvgIpc) is 2.70. The van der Waals surface area contributed by atoms with E-state index in [9.17, 15) is 0 Å². The summed E-state index contributed by atoms with van der Waals surface area (Å²) >= 11 is 5.00. The summed E-state index contributed by atoms with van der Waals surface area (Å²) in [5.74, 6) is 2.16. The molecule has 0 radical (unpaired) electrons. The normalized spacial score (nSPS) is 10.6. The first-order valence-corrected chi connectivity index (χ1v) is 9.46. The third kappa shape index (κ3) is 6.42. The van der Waals surface area contributed by atoms with E-state index in [2.05, 4.69) is 35.8 Å². The van der Waals surface area contributed by atoms with Gasteiger partial charge in [0.25, 0.3) is 0 Å². The number of thiocarbonyl (C=S) groups is 1. The molecule has 2 rings (SSSR count). The van der Waals surface area contributed by atoms with Crippen molar-refractivity contribution in [3.8, 4) is 17.2 Å². The number of nitrogens with zero attached hydrogens (tertiary/aromatic N) is 1. The Morgan fingerprint density at radius 1 is 1.11 bits per heavy atom. The van der Waals surface area contributed by atoms with Crippen LogP contribution in [0.5, 0.6) is 17.2 Å². The molecule has 0 spiro atoms. The smallest absolute Gasteiger partial charge is 0.186 e. The van der Waals surface area contributed by atoms with E-state index in [-0.39, 0.29) is 0 Å². The molecule has 0 unspecified atom stereocenters. The van der Waals surface area contributed by atoms with E-state index < -0.39 is 0 Å². The number of hydrazone groups is 1. The largest absolute Gasteiger partial charge is 0.493 e. The molecule has 0 atom stereocenters. The number of benzene rings is 2. The quantitative estimate of drug-likeness (QED) is 0.290. The molecular formula is C21H27N3O3S. The third-order valence-corrected chi connectivity index (χ3v) is 4.40. The van der Waals surface area contributed by atoms with Crippen molar-refractivity contribution in [3.05, 3.63) is 53.1 Å². The second-order valence-electron chi connectivity index (χ2n) is 6.12. The predicted octanol–water partition coefficient (Wildman–Crippen LogP) is 3.59. The van der Waals surface area contributed by atoms with Gasteiger partial charge in [0.05, 0.1) is 26.5 Å². The van der Waals surface area contributed by atoms with Gasteiger partial charge in [-0.05, 0) is 61.5 Å². The monoisotopic (exact) mass is 401 g/mol. The summed E-state index contributed by atoms with van der Waals surface area (Å²) in [6.45, 7) is 5.23. The van der Waals surface area contributed by atoms with Crippen molar-refractivity contribution >= 4 is 23.5 Å². The summed E-state index contributed by atoms with van der Waals surface area (Å²) in [6, 6.07) is 11.7. The van der Waals surface area contributed by atoms with Gasteiger partial charge in [-0.25, -0.2) is 0 Å². The maximum absolute atomic E-state index is 5.95. The van der Waals surface area contributed by atoms with E-state index in [0.717, 1.165) is 17.7 Å². The average molecular weight is 402 g/mol. The summed E-state index contributed by atoms with van der Waals surface area (Å²) in [6.07, 6.45) is 2.39. The molecule has 2 aromatic rings. The number of hydrogen-bond acceptors (Lipinski definition) is 5.